The normalized spacial score (nSPS) is 20.2. The van der Waals surface area contributed by atoms with Crippen LogP contribution in [0, 0.1) is 5.92 Å². The summed E-state index contributed by atoms with van der Waals surface area (Å²) in [6, 6.07) is 4.46. The molecule has 0 aliphatic carbocycles. The van der Waals surface area contributed by atoms with Gasteiger partial charge in [-0.25, -0.2) is 8.42 Å². The molecule has 0 radical (unpaired) electrons. The second-order valence-electron chi connectivity index (χ2n) is 4.71. The fourth-order valence-corrected chi connectivity index (χ4v) is 4.32. The molecule has 0 aromatic heterocycles. The van der Waals surface area contributed by atoms with Crippen molar-refractivity contribution in [1.82, 2.24) is 4.31 Å². The number of nitrogens with two attached hydrogens (primary N) is 1. The van der Waals surface area contributed by atoms with Gasteiger partial charge in [0.05, 0.1) is 5.02 Å². The number of nitrogens with zero attached hydrogens (tertiary/aromatic N) is 1. The predicted octanol–water partition coefficient (Wildman–Crippen LogP) is 0.977. The fourth-order valence-electron chi connectivity index (χ4n) is 2.16. The van der Waals surface area contributed by atoms with E-state index in [2.05, 4.69) is 0 Å². The number of halogens is 1. The van der Waals surface area contributed by atoms with Crippen molar-refractivity contribution in [2.45, 2.75) is 11.3 Å². The van der Waals surface area contributed by atoms with Crippen LogP contribution in [0.4, 0.5) is 0 Å². The van der Waals surface area contributed by atoms with Crippen molar-refractivity contribution in [3.8, 4) is 0 Å². The van der Waals surface area contributed by atoms with Crippen LogP contribution in [0.2, 0.25) is 5.02 Å². The van der Waals surface area contributed by atoms with Gasteiger partial charge in [0.2, 0.25) is 10.0 Å². The molecule has 1 aromatic rings. The number of sulfonamides is 1. The summed E-state index contributed by atoms with van der Waals surface area (Å²) in [5.74, 6) is -0.0256. The molecule has 3 N–H and O–H groups in total. The summed E-state index contributed by atoms with van der Waals surface area (Å²) in [6.07, 6.45) is 0.641. The Morgan fingerprint density at radius 1 is 1.55 bits per heavy atom. The number of thiocarbonyl (C=S) groups is 1. The predicted molar refractivity (Wildman–Crippen MR) is 81.3 cm³/mol. The van der Waals surface area contributed by atoms with Crippen molar-refractivity contribution >= 4 is 38.8 Å². The van der Waals surface area contributed by atoms with E-state index < -0.39 is 10.0 Å². The van der Waals surface area contributed by atoms with E-state index in [1.54, 1.807) is 6.07 Å². The zero-order valence-electron chi connectivity index (χ0n) is 10.6. The average Bonchev–Trinajstić information content (AvgIpc) is 2.88. The van der Waals surface area contributed by atoms with E-state index in [4.69, 9.17) is 34.7 Å². The molecule has 0 saturated carbocycles. The summed E-state index contributed by atoms with van der Waals surface area (Å²) in [6.45, 7) is 0.653. The quantitative estimate of drug-likeness (QED) is 0.802. The maximum Gasteiger partial charge on any atom is 0.244 e. The van der Waals surface area contributed by atoms with Crippen LogP contribution in [0.25, 0.3) is 0 Å². The minimum atomic E-state index is -3.69. The van der Waals surface area contributed by atoms with Gasteiger partial charge in [0, 0.05) is 25.3 Å². The number of benzene rings is 1. The van der Waals surface area contributed by atoms with Crippen molar-refractivity contribution in [3.05, 3.63) is 28.8 Å². The number of rotatable bonds is 4. The molecule has 110 valence electrons. The van der Waals surface area contributed by atoms with Crippen LogP contribution >= 0.6 is 23.8 Å². The molecule has 1 heterocycles. The third kappa shape index (κ3) is 2.96. The summed E-state index contributed by atoms with van der Waals surface area (Å²) in [5, 5.41) is 9.25. The molecule has 0 bridgehead atoms. The Hall–Kier alpha value is -0.730. The highest BCUT2D eigenvalue weighted by Crippen LogP contribution is 2.29. The van der Waals surface area contributed by atoms with Crippen LogP contribution in [-0.4, -0.2) is 42.5 Å². The monoisotopic (exact) mass is 334 g/mol. The number of aliphatic hydroxyl groups is 1. The van der Waals surface area contributed by atoms with Crippen LogP contribution in [0.1, 0.15) is 12.0 Å². The second kappa shape index (κ2) is 5.95. The molecule has 1 aliphatic rings. The first-order chi connectivity index (χ1) is 9.36. The van der Waals surface area contributed by atoms with E-state index in [0.717, 1.165) is 0 Å². The van der Waals surface area contributed by atoms with E-state index in [-0.39, 0.29) is 27.4 Å². The number of hydrogen-bond acceptors (Lipinski definition) is 4. The lowest BCUT2D eigenvalue weighted by Crippen LogP contribution is -2.29. The van der Waals surface area contributed by atoms with Gasteiger partial charge in [-0.15, -0.1) is 0 Å². The lowest BCUT2D eigenvalue weighted by molar-refractivity contribution is 0.233. The van der Waals surface area contributed by atoms with Gasteiger partial charge >= 0.3 is 0 Å². The maximum absolute atomic E-state index is 12.6. The van der Waals surface area contributed by atoms with E-state index in [0.29, 0.717) is 25.1 Å². The van der Waals surface area contributed by atoms with Crippen molar-refractivity contribution in [1.29, 1.82) is 0 Å². The minimum absolute atomic E-state index is 0.00283. The summed E-state index contributed by atoms with van der Waals surface area (Å²) in [4.78, 5) is 0.121. The SMILES string of the molecule is NC(=S)c1ccc(Cl)c(S(=O)(=O)N2CCC(CO)C2)c1. The van der Waals surface area contributed by atoms with Crippen LogP contribution in [0.15, 0.2) is 23.1 Å². The van der Waals surface area contributed by atoms with E-state index >= 15 is 0 Å². The molecule has 2 rings (SSSR count). The van der Waals surface area contributed by atoms with Crippen molar-refractivity contribution in [2.75, 3.05) is 19.7 Å². The summed E-state index contributed by atoms with van der Waals surface area (Å²) in [7, 11) is -3.69. The fraction of sp³-hybridized carbons (Fsp3) is 0.417. The van der Waals surface area contributed by atoms with Crippen molar-refractivity contribution < 1.29 is 13.5 Å². The Labute approximate surface area is 128 Å². The minimum Gasteiger partial charge on any atom is -0.396 e. The van der Waals surface area contributed by atoms with E-state index in [1.807, 2.05) is 0 Å². The van der Waals surface area contributed by atoms with Crippen LogP contribution in [0.5, 0.6) is 0 Å². The molecular weight excluding hydrogens is 320 g/mol. The van der Waals surface area contributed by atoms with E-state index in [9.17, 15) is 8.42 Å². The third-order valence-electron chi connectivity index (χ3n) is 3.34. The first-order valence-corrected chi connectivity index (χ1v) is 8.29. The molecule has 1 unspecified atom stereocenters. The lowest BCUT2D eigenvalue weighted by atomic mass is 10.1. The molecular formula is C12H15ClN2O3S2. The lowest BCUT2D eigenvalue weighted by Gasteiger charge is -2.17. The van der Waals surface area contributed by atoms with Crippen molar-refractivity contribution in [3.63, 3.8) is 0 Å². The van der Waals surface area contributed by atoms with Crippen molar-refractivity contribution in [2.24, 2.45) is 11.7 Å². The highest BCUT2D eigenvalue weighted by molar-refractivity contribution is 7.89. The molecule has 1 saturated heterocycles. The maximum atomic E-state index is 12.6. The number of hydrogen-bond donors (Lipinski definition) is 2. The molecule has 1 atom stereocenters. The van der Waals surface area contributed by atoms with Gasteiger partial charge in [-0.2, -0.15) is 4.31 Å². The Morgan fingerprint density at radius 3 is 2.80 bits per heavy atom. The van der Waals surface area contributed by atoms with Gasteiger partial charge in [0.25, 0.3) is 0 Å². The zero-order valence-corrected chi connectivity index (χ0v) is 13.0. The van der Waals surface area contributed by atoms with Crippen LogP contribution < -0.4 is 5.73 Å². The highest BCUT2D eigenvalue weighted by Gasteiger charge is 2.33. The van der Waals surface area contributed by atoms with Gasteiger partial charge < -0.3 is 10.8 Å². The topological polar surface area (TPSA) is 83.6 Å². The number of aliphatic hydroxyl groups excluding tert-OH is 1. The first kappa shape index (κ1) is 15.7. The third-order valence-corrected chi connectivity index (χ3v) is 5.92. The second-order valence-corrected chi connectivity index (χ2v) is 7.46. The Bertz CT molecular complexity index is 634. The van der Waals surface area contributed by atoms with E-state index in [1.165, 1.54) is 16.4 Å². The molecule has 1 aromatic carbocycles. The van der Waals surface area contributed by atoms with Gasteiger partial charge in [-0.1, -0.05) is 29.9 Å². The molecule has 0 spiro atoms. The highest BCUT2D eigenvalue weighted by atomic mass is 35.5. The summed E-state index contributed by atoms with van der Waals surface area (Å²) in [5.41, 5.74) is 5.98. The average molecular weight is 335 g/mol. The van der Waals surface area contributed by atoms with Crippen LogP contribution in [-0.2, 0) is 10.0 Å². The molecule has 1 aliphatic heterocycles. The van der Waals surface area contributed by atoms with Crippen LogP contribution in [0.3, 0.4) is 0 Å². The van der Waals surface area contributed by atoms with Gasteiger partial charge in [-0.05, 0) is 24.5 Å². The smallest absolute Gasteiger partial charge is 0.244 e. The Morgan fingerprint density at radius 2 is 2.25 bits per heavy atom. The Kier molecular flexibility index (Phi) is 4.66. The first-order valence-electron chi connectivity index (χ1n) is 6.06. The standard InChI is InChI=1S/C12H15ClN2O3S2/c13-10-2-1-9(12(14)19)5-11(10)20(17,18)15-4-3-8(6-15)7-16/h1-2,5,8,16H,3-4,6-7H2,(H2,14,19). The largest absolute Gasteiger partial charge is 0.396 e. The summed E-state index contributed by atoms with van der Waals surface area (Å²) >= 11 is 10.8. The Balaban J connectivity index is 2.39. The van der Waals surface area contributed by atoms with Gasteiger partial charge in [0.1, 0.15) is 9.88 Å². The molecule has 1 fully saturated rings. The molecule has 20 heavy (non-hydrogen) atoms. The molecule has 0 amide bonds. The molecule has 5 nitrogen and oxygen atoms in total. The van der Waals surface area contributed by atoms with Gasteiger partial charge in [0.15, 0.2) is 0 Å². The van der Waals surface area contributed by atoms with Gasteiger partial charge in [-0.3, -0.25) is 0 Å². The summed E-state index contributed by atoms with van der Waals surface area (Å²) < 4.78 is 26.5. The zero-order chi connectivity index (χ0) is 14.9. The molecule has 8 heteroatoms.